The van der Waals surface area contributed by atoms with E-state index in [9.17, 15) is 4.79 Å². The quantitative estimate of drug-likeness (QED) is 0.792. The maximum atomic E-state index is 10.9. The summed E-state index contributed by atoms with van der Waals surface area (Å²) in [7, 11) is 3.56. The summed E-state index contributed by atoms with van der Waals surface area (Å²) >= 11 is 0. The number of benzene rings is 1. The molecular weight excluding hydrogens is 204 g/mol. The molecular formula is C12H18N2O2. The molecule has 0 spiro atoms. The summed E-state index contributed by atoms with van der Waals surface area (Å²) in [5, 5.41) is 5.84. The number of rotatable bonds is 5. The fourth-order valence-electron chi connectivity index (χ4n) is 1.51. The first kappa shape index (κ1) is 12.5. The Morgan fingerprint density at radius 3 is 2.75 bits per heavy atom. The Balaban J connectivity index is 2.87. The Kier molecular flexibility index (Phi) is 4.79. The van der Waals surface area contributed by atoms with Gasteiger partial charge in [-0.15, -0.1) is 0 Å². The predicted molar refractivity (Wildman–Crippen MR) is 64.9 cm³/mol. The zero-order valence-corrected chi connectivity index (χ0v) is 9.96. The van der Waals surface area contributed by atoms with Gasteiger partial charge in [0.15, 0.2) is 0 Å². The number of ether oxygens (including phenoxy) is 1. The van der Waals surface area contributed by atoms with Crippen LogP contribution in [0.25, 0.3) is 0 Å². The molecule has 0 saturated heterocycles. The maximum absolute atomic E-state index is 10.9. The number of nitrogens with one attached hydrogen (secondary N) is 2. The van der Waals surface area contributed by atoms with Crippen LogP contribution >= 0.6 is 0 Å². The molecule has 0 saturated carbocycles. The molecule has 0 aliphatic rings. The second-order valence-electron chi connectivity index (χ2n) is 3.56. The fourth-order valence-corrected chi connectivity index (χ4v) is 1.51. The van der Waals surface area contributed by atoms with Gasteiger partial charge < -0.3 is 15.4 Å². The molecule has 4 heteroatoms. The van der Waals surface area contributed by atoms with E-state index in [1.54, 1.807) is 7.11 Å². The number of amides is 1. The van der Waals surface area contributed by atoms with Crippen LogP contribution in [-0.2, 0) is 11.2 Å². The normalized spacial score (nSPS) is 9.94. The molecule has 0 aromatic heterocycles. The highest BCUT2D eigenvalue weighted by Crippen LogP contribution is 2.22. The largest absolute Gasteiger partial charge is 0.496 e. The van der Waals surface area contributed by atoms with Crippen LogP contribution in [0.1, 0.15) is 12.5 Å². The van der Waals surface area contributed by atoms with Crippen molar-refractivity contribution in [2.45, 2.75) is 13.3 Å². The van der Waals surface area contributed by atoms with E-state index in [1.165, 1.54) is 6.92 Å². The van der Waals surface area contributed by atoms with Gasteiger partial charge in [0.1, 0.15) is 5.75 Å². The van der Waals surface area contributed by atoms with Crippen molar-refractivity contribution in [3.8, 4) is 5.75 Å². The molecule has 88 valence electrons. The van der Waals surface area contributed by atoms with Crippen molar-refractivity contribution in [2.24, 2.45) is 0 Å². The minimum atomic E-state index is -0.0651. The van der Waals surface area contributed by atoms with E-state index >= 15 is 0 Å². The number of carbonyl (C=O) groups excluding carboxylic acids is 1. The Morgan fingerprint density at radius 1 is 1.44 bits per heavy atom. The summed E-state index contributed by atoms with van der Waals surface area (Å²) in [5.41, 5.74) is 1.89. The standard InChI is InChI=1S/C12H18N2O2/c1-9(15)14-11-4-5-12(16-3)10(8-11)6-7-13-2/h4-5,8,13H,6-7H2,1-3H3,(H,14,15). The first-order valence-electron chi connectivity index (χ1n) is 5.26. The predicted octanol–water partition coefficient (Wildman–Crippen LogP) is 1.42. The van der Waals surface area contributed by atoms with Gasteiger partial charge in [-0.05, 0) is 43.8 Å². The molecule has 16 heavy (non-hydrogen) atoms. The van der Waals surface area contributed by atoms with Crippen molar-refractivity contribution < 1.29 is 9.53 Å². The van der Waals surface area contributed by atoms with Gasteiger partial charge in [-0.3, -0.25) is 4.79 Å². The summed E-state index contributed by atoms with van der Waals surface area (Å²) in [5.74, 6) is 0.786. The minimum Gasteiger partial charge on any atom is -0.496 e. The van der Waals surface area contributed by atoms with Gasteiger partial charge in [0, 0.05) is 12.6 Å². The highest BCUT2D eigenvalue weighted by Gasteiger charge is 2.04. The van der Waals surface area contributed by atoms with Crippen LogP contribution in [0.4, 0.5) is 5.69 Å². The average molecular weight is 222 g/mol. The van der Waals surface area contributed by atoms with Gasteiger partial charge >= 0.3 is 0 Å². The molecule has 4 nitrogen and oxygen atoms in total. The highest BCUT2D eigenvalue weighted by atomic mass is 16.5. The van der Waals surface area contributed by atoms with Crippen molar-refractivity contribution in [3.63, 3.8) is 0 Å². The number of anilines is 1. The lowest BCUT2D eigenvalue weighted by Crippen LogP contribution is -2.12. The molecule has 2 N–H and O–H groups in total. The summed E-state index contributed by atoms with van der Waals surface area (Å²) in [6.07, 6.45) is 0.868. The zero-order valence-electron chi connectivity index (χ0n) is 9.96. The van der Waals surface area contributed by atoms with E-state index < -0.39 is 0 Å². The Hall–Kier alpha value is -1.55. The van der Waals surface area contributed by atoms with Gasteiger partial charge in [0.2, 0.25) is 5.91 Å². The number of likely N-dealkylation sites (N-methyl/N-ethyl adjacent to an activating group) is 1. The summed E-state index contributed by atoms with van der Waals surface area (Å²) in [6.45, 7) is 2.37. The van der Waals surface area contributed by atoms with Crippen LogP contribution in [0.3, 0.4) is 0 Å². The average Bonchev–Trinajstić information content (AvgIpc) is 2.25. The van der Waals surface area contributed by atoms with Gasteiger partial charge in [0.05, 0.1) is 7.11 Å². The summed E-state index contributed by atoms with van der Waals surface area (Å²) in [4.78, 5) is 10.9. The molecule has 0 aliphatic heterocycles. The molecule has 0 unspecified atom stereocenters. The van der Waals surface area contributed by atoms with Crippen molar-refractivity contribution in [1.82, 2.24) is 5.32 Å². The first-order chi connectivity index (χ1) is 7.67. The van der Waals surface area contributed by atoms with E-state index in [0.717, 1.165) is 30.0 Å². The number of hydrogen-bond acceptors (Lipinski definition) is 3. The Morgan fingerprint density at radius 2 is 2.19 bits per heavy atom. The number of carbonyl (C=O) groups is 1. The minimum absolute atomic E-state index is 0.0651. The van der Waals surface area contributed by atoms with Crippen molar-refractivity contribution >= 4 is 11.6 Å². The SMILES string of the molecule is CNCCc1cc(NC(C)=O)ccc1OC. The molecule has 0 aliphatic carbocycles. The van der Waals surface area contributed by atoms with E-state index in [2.05, 4.69) is 10.6 Å². The van der Waals surface area contributed by atoms with E-state index in [4.69, 9.17) is 4.74 Å². The molecule has 1 amide bonds. The molecule has 0 fully saturated rings. The monoisotopic (exact) mass is 222 g/mol. The van der Waals surface area contributed by atoms with Crippen molar-refractivity contribution in [3.05, 3.63) is 23.8 Å². The molecule has 1 aromatic carbocycles. The van der Waals surface area contributed by atoms with Gasteiger partial charge in [-0.2, -0.15) is 0 Å². The van der Waals surface area contributed by atoms with E-state index in [-0.39, 0.29) is 5.91 Å². The van der Waals surface area contributed by atoms with Crippen LogP contribution in [0.15, 0.2) is 18.2 Å². The van der Waals surface area contributed by atoms with Crippen molar-refractivity contribution in [2.75, 3.05) is 26.0 Å². The molecule has 1 aromatic rings. The topological polar surface area (TPSA) is 50.4 Å². The van der Waals surface area contributed by atoms with Crippen LogP contribution in [-0.4, -0.2) is 26.6 Å². The second-order valence-corrected chi connectivity index (χ2v) is 3.56. The third-order valence-electron chi connectivity index (χ3n) is 2.25. The lowest BCUT2D eigenvalue weighted by molar-refractivity contribution is -0.114. The van der Waals surface area contributed by atoms with Crippen LogP contribution in [0, 0.1) is 0 Å². The van der Waals surface area contributed by atoms with Gasteiger partial charge in [0.25, 0.3) is 0 Å². The Labute approximate surface area is 96.0 Å². The molecule has 0 radical (unpaired) electrons. The van der Waals surface area contributed by atoms with Crippen LogP contribution < -0.4 is 15.4 Å². The van der Waals surface area contributed by atoms with E-state index in [1.807, 2.05) is 25.2 Å². The van der Waals surface area contributed by atoms with E-state index in [0.29, 0.717) is 0 Å². The first-order valence-corrected chi connectivity index (χ1v) is 5.26. The van der Waals surface area contributed by atoms with Crippen LogP contribution in [0.2, 0.25) is 0 Å². The van der Waals surface area contributed by atoms with Gasteiger partial charge in [-0.1, -0.05) is 0 Å². The van der Waals surface area contributed by atoms with Crippen molar-refractivity contribution in [1.29, 1.82) is 0 Å². The second kappa shape index (κ2) is 6.12. The zero-order chi connectivity index (χ0) is 12.0. The highest BCUT2D eigenvalue weighted by molar-refractivity contribution is 5.88. The van der Waals surface area contributed by atoms with Gasteiger partial charge in [-0.25, -0.2) is 0 Å². The Bertz CT molecular complexity index is 364. The molecule has 1 rings (SSSR count). The lowest BCUT2D eigenvalue weighted by atomic mass is 10.1. The summed E-state index contributed by atoms with van der Waals surface area (Å²) < 4.78 is 5.26. The third-order valence-corrected chi connectivity index (χ3v) is 2.25. The number of methoxy groups -OCH3 is 1. The molecule has 0 heterocycles. The maximum Gasteiger partial charge on any atom is 0.221 e. The van der Waals surface area contributed by atoms with Crippen LogP contribution in [0.5, 0.6) is 5.75 Å². The number of hydrogen-bond donors (Lipinski definition) is 2. The molecule has 0 atom stereocenters. The third kappa shape index (κ3) is 3.55. The summed E-state index contributed by atoms with van der Waals surface area (Å²) in [6, 6.07) is 5.65. The lowest BCUT2D eigenvalue weighted by Gasteiger charge is -2.10. The smallest absolute Gasteiger partial charge is 0.221 e. The molecule has 0 bridgehead atoms. The fraction of sp³-hybridized carbons (Fsp3) is 0.417.